The first-order chi connectivity index (χ1) is 19.2. The minimum Gasteiger partial charge on any atom is -0.487 e. The Morgan fingerprint density at radius 2 is 1.73 bits per heavy atom. The van der Waals surface area contributed by atoms with Crippen LogP contribution in [0.2, 0.25) is 0 Å². The molecule has 0 amide bonds. The Labute approximate surface area is 230 Å². The van der Waals surface area contributed by atoms with Gasteiger partial charge in [0.1, 0.15) is 12.4 Å². The summed E-state index contributed by atoms with van der Waals surface area (Å²) in [6.07, 6.45) is 0.814. The number of aromatic nitrogens is 3. The Hall–Kier alpha value is -3.72. The zero-order valence-corrected chi connectivity index (χ0v) is 22.1. The number of hydrogen-bond donors (Lipinski definition) is 1. The van der Waals surface area contributed by atoms with Gasteiger partial charge in [0.05, 0.1) is 5.69 Å². The van der Waals surface area contributed by atoms with E-state index in [9.17, 15) is 18.3 Å². The fourth-order valence-electron chi connectivity index (χ4n) is 6.59. The van der Waals surface area contributed by atoms with Crippen LogP contribution < -0.4 is 4.74 Å². The average molecular weight is 550 g/mol. The summed E-state index contributed by atoms with van der Waals surface area (Å²) in [5.41, 5.74) is 0.451. The molecular weight excluding hydrogens is 519 g/mol. The summed E-state index contributed by atoms with van der Waals surface area (Å²) in [4.78, 5) is 8.22. The van der Waals surface area contributed by atoms with Gasteiger partial charge in [0.25, 0.3) is 5.89 Å². The molecule has 2 aliphatic rings. The average Bonchev–Trinajstić information content (AvgIpc) is 3.74. The molecule has 2 heterocycles. The number of nitrogens with zero attached hydrogens (tertiary/aromatic N) is 3. The van der Waals surface area contributed by atoms with Crippen molar-refractivity contribution in [3.8, 4) is 17.1 Å². The number of halogens is 3. The first-order valence-electron chi connectivity index (χ1n) is 13.6. The van der Waals surface area contributed by atoms with Crippen LogP contribution in [0.25, 0.3) is 11.4 Å². The van der Waals surface area contributed by atoms with Gasteiger partial charge in [0, 0.05) is 17.2 Å². The molecule has 9 heteroatoms. The maximum atomic E-state index is 13.5. The zero-order chi connectivity index (χ0) is 28.0. The van der Waals surface area contributed by atoms with E-state index >= 15 is 0 Å². The van der Waals surface area contributed by atoms with Crippen molar-refractivity contribution in [1.29, 1.82) is 0 Å². The van der Waals surface area contributed by atoms with Crippen LogP contribution in [0.5, 0.6) is 5.75 Å². The third-order valence-corrected chi connectivity index (χ3v) is 8.75. The van der Waals surface area contributed by atoms with E-state index in [-0.39, 0.29) is 11.2 Å². The summed E-state index contributed by atoms with van der Waals surface area (Å²) in [5, 5.41) is 13.9. The Bertz CT molecular complexity index is 1460. The molecule has 6 rings (SSSR count). The summed E-state index contributed by atoms with van der Waals surface area (Å²) in [6.45, 7) is 1.62. The Morgan fingerprint density at radius 1 is 1.00 bits per heavy atom. The van der Waals surface area contributed by atoms with Gasteiger partial charge in [-0.15, -0.1) is 0 Å². The number of alkyl halides is 3. The van der Waals surface area contributed by atoms with Crippen molar-refractivity contribution in [3.05, 3.63) is 95.6 Å². The molecule has 208 valence electrons. The lowest BCUT2D eigenvalue weighted by atomic mass is 9.64. The first kappa shape index (κ1) is 26.5. The standard InChI is InChI=1S/C31H30F3N3O3/c1-2-30(38,31(32,33)34)28-36-27(37-40-28)21-7-10-22(11-8-21)29(18-20-6-9-24(29)17-20)23-12-14-26(15-13-23)39-19-25-5-3-4-16-35-25/h3-5,7-8,10-16,20,24,38H,2,6,9,17-19H2,1H3/t20-,24+,29+,30?/m1/s1. The van der Waals surface area contributed by atoms with Gasteiger partial charge in [0.15, 0.2) is 0 Å². The Morgan fingerprint density at radius 3 is 2.30 bits per heavy atom. The second-order valence-corrected chi connectivity index (χ2v) is 10.9. The minimum atomic E-state index is -4.93. The molecule has 4 aromatic rings. The molecule has 2 saturated carbocycles. The lowest BCUT2D eigenvalue weighted by Crippen LogP contribution is -2.42. The normalized spacial score (nSPS) is 23.7. The van der Waals surface area contributed by atoms with Crippen molar-refractivity contribution >= 4 is 0 Å². The maximum absolute atomic E-state index is 13.5. The molecule has 0 aliphatic heterocycles. The molecule has 2 fully saturated rings. The van der Waals surface area contributed by atoms with Gasteiger partial charge in [0.2, 0.25) is 11.4 Å². The third-order valence-electron chi connectivity index (χ3n) is 8.75. The van der Waals surface area contributed by atoms with Crippen LogP contribution in [0.15, 0.2) is 77.4 Å². The fourth-order valence-corrected chi connectivity index (χ4v) is 6.59. The van der Waals surface area contributed by atoms with E-state index in [0.29, 0.717) is 24.0 Å². The molecule has 6 nitrogen and oxygen atoms in total. The lowest BCUT2D eigenvalue weighted by Gasteiger charge is -2.39. The number of rotatable bonds is 8. The molecule has 2 bridgehead atoms. The van der Waals surface area contributed by atoms with E-state index in [1.807, 2.05) is 54.6 Å². The summed E-state index contributed by atoms with van der Waals surface area (Å²) >= 11 is 0. The van der Waals surface area contributed by atoms with Crippen molar-refractivity contribution in [2.45, 2.75) is 62.8 Å². The molecule has 1 unspecified atom stereocenters. The maximum Gasteiger partial charge on any atom is 0.426 e. The molecule has 1 N–H and O–H groups in total. The van der Waals surface area contributed by atoms with Gasteiger partial charge < -0.3 is 14.4 Å². The molecule has 0 spiro atoms. The van der Waals surface area contributed by atoms with Crippen LogP contribution in [-0.4, -0.2) is 26.4 Å². The molecule has 2 aromatic heterocycles. The quantitative estimate of drug-likeness (QED) is 0.256. The van der Waals surface area contributed by atoms with Gasteiger partial charge in [-0.05, 0) is 72.9 Å². The number of hydrogen-bond acceptors (Lipinski definition) is 6. The highest BCUT2D eigenvalue weighted by Gasteiger charge is 2.58. The lowest BCUT2D eigenvalue weighted by molar-refractivity contribution is -0.276. The van der Waals surface area contributed by atoms with E-state index < -0.39 is 24.1 Å². The fraction of sp³-hybridized carbons (Fsp3) is 0.387. The van der Waals surface area contributed by atoms with Crippen molar-refractivity contribution in [1.82, 2.24) is 15.1 Å². The van der Waals surface area contributed by atoms with Crippen LogP contribution in [-0.2, 0) is 17.6 Å². The number of benzene rings is 2. The summed E-state index contributed by atoms with van der Waals surface area (Å²) < 4.78 is 51.2. The van der Waals surface area contributed by atoms with Gasteiger partial charge in [-0.1, -0.05) is 61.0 Å². The van der Waals surface area contributed by atoms with Crippen molar-refractivity contribution in [2.75, 3.05) is 0 Å². The largest absolute Gasteiger partial charge is 0.487 e. The van der Waals surface area contributed by atoms with E-state index in [2.05, 4.69) is 27.3 Å². The number of ether oxygens (including phenoxy) is 1. The predicted octanol–water partition coefficient (Wildman–Crippen LogP) is 6.98. The third kappa shape index (κ3) is 4.46. The topological polar surface area (TPSA) is 81.3 Å². The smallest absolute Gasteiger partial charge is 0.426 e. The van der Waals surface area contributed by atoms with Crippen LogP contribution in [0.1, 0.15) is 61.7 Å². The zero-order valence-electron chi connectivity index (χ0n) is 22.1. The van der Waals surface area contributed by atoms with Crippen LogP contribution in [0.4, 0.5) is 13.2 Å². The van der Waals surface area contributed by atoms with Crippen LogP contribution >= 0.6 is 0 Å². The van der Waals surface area contributed by atoms with Crippen molar-refractivity contribution in [2.24, 2.45) is 11.8 Å². The number of fused-ring (bicyclic) bond motifs is 2. The molecule has 2 aromatic carbocycles. The Kier molecular flexibility index (Phi) is 6.65. The molecule has 0 radical (unpaired) electrons. The highest BCUT2D eigenvalue weighted by Crippen LogP contribution is 2.60. The van der Waals surface area contributed by atoms with Gasteiger partial charge in [-0.3, -0.25) is 4.98 Å². The monoisotopic (exact) mass is 549 g/mol. The second kappa shape index (κ2) is 10.0. The van der Waals surface area contributed by atoms with Crippen molar-refractivity contribution in [3.63, 3.8) is 0 Å². The first-order valence-corrected chi connectivity index (χ1v) is 13.6. The van der Waals surface area contributed by atoms with Crippen LogP contribution in [0, 0.1) is 11.8 Å². The Balaban J connectivity index is 1.27. The summed E-state index contributed by atoms with van der Waals surface area (Å²) in [7, 11) is 0. The molecular formula is C31H30F3N3O3. The second-order valence-electron chi connectivity index (χ2n) is 10.9. The molecule has 2 aliphatic carbocycles. The number of aliphatic hydroxyl groups is 1. The molecule has 4 atom stereocenters. The minimum absolute atomic E-state index is 0.00840. The van der Waals surface area contributed by atoms with E-state index in [0.717, 1.165) is 29.8 Å². The molecule has 0 saturated heterocycles. The van der Waals surface area contributed by atoms with Gasteiger partial charge >= 0.3 is 6.18 Å². The van der Waals surface area contributed by atoms with Gasteiger partial charge in [-0.25, -0.2) is 0 Å². The highest BCUT2D eigenvalue weighted by atomic mass is 19.4. The SMILES string of the molecule is CCC(O)(c1nc(-c2ccc([C@]3(c4ccc(OCc5ccccn5)cc4)C[C@@H]4CC[C@H]3C4)cc2)no1)C(F)(F)F. The predicted molar refractivity (Wildman–Crippen MR) is 141 cm³/mol. The molecule has 40 heavy (non-hydrogen) atoms. The van der Waals surface area contributed by atoms with Gasteiger partial charge in [-0.2, -0.15) is 18.2 Å². The van der Waals surface area contributed by atoms with Crippen LogP contribution in [0.3, 0.4) is 0 Å². The van der Waals surface area contributed by atoms with Crippen molar-refractivity contribution < 1.29 is 27.5 Å². The van der Waals surface area contributed by atoms with E-state index in [1.54, 1.807) is 6.20 Å². The highest BCUT2D eigenvalue weighted by molar-refractivity contribution is 5.57. The summed E-state index contributed by atoms with van der Waals surface area (Å²) in [5.74, 6) is 1.11. The number of pyridine rings is 1. The summed E-state index contributed by atoms with van der Waals surface area (Å²) in [6, 6.07) is 21.7. The van der Waals surface area contributed by atoms with E-state index in [1.165, 1.54) is 25.3 Å². The van der Waals surface area contributed by atoms with E-state index in [4.69, 9.17) is 9.26 Å².